The predicted molar refractivity (Wildman–Crippen MR) is 85.1 cm³/mol. The highest BCUT2D eigenvalue weighted by Gasteiger charge is 2.27. The summed E-state index contributed by atoms with van der Waals surface area (Å²) in [6.45, 7) is 4.20. The van der Waals surface area contributed by atoms with Crippen LogP contribution in [0.3, 0.4) is 0 Å². The summed E-state index contributed by atoms with van der Waals surface area (Å²) in [5.74, 6) is 2.50. The van der Waals surface area contributed by atoms with Crippen molar-refractivity contribution in [2.75, 3.05) is 45.3 Å². The summed E-state index contributed by atoms with van der Waals surface area (Å²) in [6.07, 6.45) is 3.47. The summed E-state index contributed by atoms with van der Waals surface area (Å²) in [5.41, 5.74) is 0. The van der Waals surface area contributed by atoms with Gasteiger partial charge in [-0.25, -0.2) is 9.97 Å². The molecule has 0 bridgehead atoms. The number of methoxy groups -OCH3 is 1. The standard InChI is InChI=1S/C16H22N4O3/c1-21-9-6-17-15-4-5-18-16(19-15)14-12-22-10-7-20(14)11-13-3-2-8-23-13/h2-5,8,14H,6-7,9-12H2,1H3,(H,17,18,19). The van der Waals surface area contributed by atoms with Gasteiger partial charge in [-0.3, -0.25) is 4.90 Å². The van der Waals surface area contributed by atoms with Gasteiger partial charge in [-0.2, -0.15) is 0 Å². The maximum atomic E-state index is 5.63. The molecule has 3 heterocycles. The van der Waals surface area contributed by atoms with Gasteiger partial charge in [-0.1, -0.05) is 0 Å². The predicted octanol–water partition coefficient (Wildman–Crippen LogP) is 1.70. The second-order valence-corrected chi connectivity index (χ2v) is 5.36. The van der Waals surface area contributed by atoms with E-state index in [0.717, 1.165) is 30.5 Å². The largest absolute Gasteiger partial charge is 0.468 e. The second-order valence-electron chi connectivity index (χ2n) is 5.36. The maximum Gasteiger partial charge on any atom is 0.150 e. The van der Waals surface area contributed by atoms with Gasteiger partial charge in [0.2, 0.25) is 0 Å². The minimum Gasteiger partial charge on any atom is -0.468 e. The Morgan fingerprint density at radius 3 is 3.22 bits per heavy atom. The first kappa shape index (κ1) is 15.9. The van der Waals surface area contributed by atoms with E-state index < -0.39 is 0 Å². The van der Waals surface area contributed by atoms with Gasteiger partial charge < -0.3 is 19.2 Å². The minimum atomic E-state index is 0.0259. The highest BCUT2D eigenvalue weighted by Crippen LogP contribution is 2.24. The maximum absolute atomic E-state index is 5.63. The third kappa shape index (κ3) is 4.28. The molecule has 124 valence electrons. The monoisotopic (exact) mass is 318 g/mol. The summed E-state index contributed by atoms with van der Waals surface area (Å²) in [7, 11) is 1.68. The fourth-order valence-electron chi connectivity index (χ4n) is 2.58. The molecule has 1 aliphatic rings. The summed E-state index contributed by atoms with van der Waals surface area (Å²) in [5, 5.41) is 3.23. The van der Waals surface area contributed by atoms with Gasteiger partial charge in [0.1, 0.15) is 17.4 Å². The van der Waals surface area contributed by atoms with E-state index in [9.17, 15) is 0 Å². The zero-order valence-electron chi connectivity index (χ0n) is 13.3. The molecule has 1 unspecified atom stereocenters. The number of morpholine rings is 1. The zero-order valence-corrected chi connectivity index (χ0v) is 13.3. The number of aromatic nitrogens is 2. The third-order valence-corrected chi connectivity index (χ3v) is 3.76. The molecule has 0 spiro atoms. The summed E-state index contributed by atoms with van der Waals surface area (Å²) >= 11 is 0. The normalized spacial score (nSPS) is 18.9. The SMILES string of the molecule is COCCNc1ccnc(C2COCCN2Cc2ccco2)n1. The van der Waals surface area contributed by atoms with Crippen LogP contribution in [0.5, 0.6) is 0 Å². The van der Waals surface area contributed by atoms with Crippen molar-refractivity contribution in [3.05, 3.63) is 42.2 Å². The van der Waals surface area contributed by atoms with Crippen molar-refractivity contribution in [3.8, 4) is 0 Å². The van der Waals surface area contributed by atoms with Crippen molar-refractivity contribution >= 4 is 5.82 Å². The molecular weight excluding hydrogens is 296 g/mol. The van der Waals surface area contributed by atoms with Crippen LogP contribution in [-0.2, 0) is 16.0 Å². The number of hydrogen-bond donors (Lipinski definition) is 1. The van der Waals surface area contributed by atoms with Gasteiger partial charge in [-0.05, 0) is 18.2 Å². The Labute approximate surface area is 135 Å². The van der Waals surface area contributed by atoms with Crippen molar-refractivity contribution in [3.63, 3.8) is 0 Å². The number of nitrogens with zero attached hydrogens (tertiary/aromatic N) is 3. The molecule has 7 heteroatoms. The molecular formula is C16H22N4O3. The first-order valence-corrected chi connectivity index (χ1v) is 7.77. The lowest BCUT2D eigenvalue weighted by Gasteiger charge is -2.33. The van der Waals surface area contributed by atoms with Crippen molar-refractivity contribution in [2.45, 2.75) is 12.6 Å². The quantitative estimate of drug-likeness (QED) is 0.779. The van der Waals surface area contributed by atoms with Crippen LogP contribution in [0.4, 0.5) is 5.82 Å². The summed E-state index contributed by atoms with van der Waals surface area (Å²) < 4.78 is 16.1. The molecule has 0 aromatic carbocycles. The Kier molecular flexibility index (Phi) is 5.57. The van der Waals surface area contributed by atoms with Crippen LogP contribution >= 0.6 is 0 Å². The molecule has 7 nitrogen and oxygen atoms in total. The molecule has 0 radical (unpaired) electrons. The smallest absolute Gasteiger partial charge is 0.150 e. The average Bonchev–Trinajstić information content (AvgIpc) is 3.09. The lowest BCUT2D eigenvalue weighted by Crippen LogP contribution is -2.39. The second kappa shape index (κ2) is 8.05. The Morgan fingerprint density at radius 2 is 2.39 bits per heavy atom. The van der Waals surface area contributed by atoms with Crippen LogP contribution in [0.25, 0.3) is 0 Å². The fourth-order valence-corrected chi connectivity index (χ4v) is 2.58. The number of hydrogen-bond acceptors (Lipinski definition) is 7. The average molecular weight is 318 g/mol. The number of ether oxygens (including phenoxy) is 2. The van der Waals surface area contributed by atoms with Crippen LogP contribution in [0, 0.1) is 0 Å². The van der Waals surface area contributed by atoms with Crippen LogP contribution in [0.15, 0.2) is 35.1 Å². The van der Waals surface area contributed by atoms with Gasteiger partial charge in [0.25, 0.3) is 0 Å². The van der Waals surface area contributed by atoms with Gasteiger partial charge in [-0.15, -0.1) is 0 Å². The van der Waals surface area contributed by atoms with E-state index in [1.54, 1.807) is 19.6 Å². The topological polar surface area (TPSA) is 72.7 Å². The highest BCUT2D eigenvalue weighted by molar-refractivity contribution is 5.33. The van der Waals surface area contributed by atoms with E-state index in [2.05, 4.69) is 20.2 Å². The zero-order chi connectivity index (χ0) is 15.9. The Hall–Kier alpha value is -1.96. The number of rotatable bonds is 7. The van der Waals surface area contributed by atoms with Gasteiger partial charge in [0, 0.05) is 26.4 Å². The molecule has 2 aromatic heterocycles. The van der Waals surface area contributed by atoms with E-state index in [0.29, 0.717) is 26.4 Å². The van der Waals surface area contributed by atoms with E-state index in [1.165, 1.54) is 0 Å². The van der Waals surface area contributed by atoms with E-state index >= 15 is 0 Å². The van der Waals surface area contributed by atoms with Crippen LogP contribution in [0.1, 0.15) is 17.6 Å². The molecule has 2 aromatic rings. The molecule has 3 rings (SSSR count). The molecule has 1 atom stereocenters. The van der Waals surface area contributed by atoms with E-state index in [4.69, 9.17) is 13.9 Å². The van der Waals surface area contributed by atoms with E-state index in [1.807, 2.05) is 18.2 Å². The van der Waals surface area contributed by atoms with Gasteiger partial charge in [0.05, 0.1) is 38.7 Å². The van der Waals surface area contributed by atoms with Crippen molar-refractivity contribution in [2.24, 2.45) is 0 Å². The Morgan fingerprint density at radius 1 is 1.43 bits per heavy atom. The van der Waals surface area contributed by atoms with Crippen LogP contribution in [0.2, 0.25) is 0 Å². The molecule has 0 aliphatic carbocycles. The summed E-state index contributed by atoms with van der Waals surface area (Å²) in [4.78, 5) is 11.3. The van der Waals surface area contributed by atoms with Crippen LogP contribution in [-0.4, -0.2) is 54.9 Å². The summed E-state index contributed by atoms with van der Waals surface area (Å²) in [6, 6.07) is 5.77. The van der Waals surface area contributed by atoms with Gasteiger partial charge >= 0.3 is 0 Å². The fraction of sp³-hybridized carbons (Fsp3) is 0.500. The van der Waals surface area contributed by atoms with Crippen molar-refractivity contribution in [1.82, 2.24) is 14.9 Å². The first-order valence-electron chi connectivity index (χ1n) is 7.77. The Balaban J connectivity index is 1.70. The molecule has 0 amide bonds. The number of anilines is 1. The molecule has 1 aliphatic heterocycles. The van der Waals surface area contributed by atoms with Gasteiger partial charge in [0.15, 0.2) is 0 Å². The van der Waals surface area contributed by atoms with E-state index in [-0.39, 0.29) is 6.04 Å². The van der Waals surface area contributed by atoms with Crippen molar-refractivity contribution in [1.29, 1.82) is 0 Å². The molecule has 1 N–H and O–H groups in total. The van der Waals surface area contributed by atoms with Crippen LogP contribution < -0.4 is 5.32 Å². The highest BCUT2D eigenvalue weighted by atomic mass is 16.5. The third-order valence-electron chi connectivity index (χ3n) is 3.76. The number of furan rings is 1. The molecule has 23 heavy (non-hydrogen) atoms. The minimum absolute atomic E-state index is 0.0259. The first-order chi connectivity index (χ1) is 11.4. The molecule has 1 saturated heterocycles. The lowest BCUT2D eigenvalue weighted by molar-refractivity contribution is -0.0185. The molecule has 1 fully saturated rings. The van der Waals surface area contributed by atoms with Crippen molar-refractivity contribution < 1.29 is 13.9 Å². The molecule has 0 saturated carbocycles. The lowest BCUT2D eigenvalue weighted by atomic mass is 10.2. The number of nitrogens with one attached hydrogen (secondary N) is 1. The Bertz CT molecular complexity index is 591.